The molecule has 1 aliphatic heterocycles. The molecular weight excluding hydrogens is 271 g/mol. The van der Waals surface area contributed by atoms with E-state index in [0.717, 1.165) is 17.8 Å². The average Bonchev–Trinajstić information content (AvgIpc) is 2.43. The number of fused-ring (bicyclic) bond motifs is 3. The molecule has 3 heterocycles. The Labute approximate surface area is 112 Å². The maximum atomic E-state index is 12.7. The largest absolute Gasteiger partial charge is 0.417 e. The summed E-state index contributed by atoms with van der Waals surface area (Å²) in [7, 11) is 1.47. The molecule has 4 nitrogen and oxygen atoms in total. The number of pyridine rings is 2. The quantitative estimate of drug-likeness (QED) is 0.799. The number of aryl methyl sites for hydroxylation is 1. The molecule has 0 unspecified atom stereocenters. The second-order valence-electron chi connectivity index (χ2n) is 4.84. The van der Waals surface area contributed by atoms with Crippen molar-refractivity contribution in [2.45, 2.75) is 19.1 Å². The third-order valence-corrected chi connectivity index (χ3v) is 3.62. The van der Waals surface area contributed by atoms with Crippen LogP contribution in [-0.4, -0.2) is 16.1 Å². The van der Waals surface area contributed by atoms with E-state index in [4.69, 9.17) is 0 Å². The first kappa shape index (κ1) is 13.1. The number of hydrogen-bond acceptors (Lipinski definition) is 3. The summed E-state index contributed by atoms with van der Waals surface area (Å²) >= 11 is 0. The van der Waals surface area contributed by atoms with Crippen LogP contribution in [0.25, 0.3) is 11.0 Å². The number of aromatic nitrogens is 2. The summed E-state index contributed by atoms with van der Waals surface area (Å²) in [5, 5.41) is 3.09. The molecule has 0 aromatic carbocycles. The topological polar surface area (TPSA) is 46.9 Å². The molecule has 0 bridgehead atoms. The molecule has 0 atom stereocenters. The summed E-state index contributed by atoms with van der Waals surface area (Å²) in [6.45, 7) is 1.12. The fraction of sp³-hybridized carbons (Fsp3) is 0.385. The monoisotopic (exact) mass is 283 g/mol. The number of rotatable bonds is 0. The molecule has 106 valence electrons. The lowest BCUT2D eigenvalue weighted by molar-refractivity contribution is -0.137. The molecule has 3 rings (SSSR count). The summed E-state index contributed by atoms with van der Waals surface area (Å²) in [6, 6.07) is 0.992. The van der Waals surface area contributed by atoms with Gasteiger partial charge < -0.3 is 9.88 Å². The van der Waals surface area contributed by atoms with Crippen molar-refractivity contribution in [1.29, 1.82) is 0 Å². The van der Waals surface area contributed by atoms with Crippen LogP contribution in [0, 0.1) is 0 Å². The maximum Gasteiger partial charge on any atom is 0.417 e. The van der Waals surface area contributed by atoms with Crippen LogP contribution in [0.3, 0.4) is 0 Å². The van der Waals surface area contributed by atoms with Crippen LogP contribution in [0.5, 0.6) is 0 Å². The summed E-state index contributed by atoms with van der Waals surface area (Å²) in [4.78, 5) is 16.2. The standard InChI is InChI=1S/C13H12F3N3O/c1-19-10-4-7(13(14,15)16)5-18-11(10)8-2-3-17-6-9(8)12(19)20/h4-5,17H,2-3,6H2,1H3. The number of halogens is 3. The van der Waals surface area contributed by atoms with Gasteiger partial charge in [-0.2, -0.15) is 13.2 Å². The van der Waals surface area contributed by atoms with Crippen molar-refractivity contribution in [3.05, 3.63) is 39.3 Å². The highest BCUT2D eigenvalue weighted by Gasteiger charge is 2.32. The minimum atomic E-state index is -4.46. The highest BCUT2D eigenvalue weighted by molar-refractivity contribution is 5.80. The van der Waals surface area contributed by atoms with Gasteiger partial charge in [-0.25, -0.2) is 0 Å². The second-order valence-corrected chi connectivity index (χ2v) is 4.84. The normalized spacial score (nSPS) is 15.4. The molecular formula is C13H12F3N3O. The van der Waals surface area contributed by atoms with Crippen molar-refractivity contribution < 1.29 is 13.2 Å². The molecule has 1 N–H and O–H groups in total. The predicted octanol–water partition coefficient (Wildman–Crippen LogP) is 1.60. The van der Waals surface area contributed by atoms with Crippen LogP contribution < -0.4 is 10.9 Å². The van der Waals surface area contributed by atoms with Crippen molar-refractivity contribution in [2.24, 2.45) is 7.05 Å². The Bertz CT molecular complexity index is 749. The van der Waals surface area contributed by atoms with Crippen LogP contribution in [-0.2, 0) is 26.2 Å². The van der Waals surface area contributed by atoms with E-state index < -0.39 is 11.7 Å². The molecule has 2 aromatic heterocycles. The Kier molecular flexibility index (Phi) is 2.82. The minimum absolute atomic E-state index is 0.227. The van der Waals surface area contributed by atoms with Crippen LogP contribution in [0.4, 0.5) is 13.2 Å². The van der Waals surface area contributed by atoms with E-state index in [1.54, 1.807) is 0 Å². The number of hydrogen-bond donors (Lipinski definition) is 1. The van der Waals surface area contributed by atoms with E-state index in [-0.39, 0.29) is 11.1 Å². The third kappa shape index (κ3) is 1.89. The van der Waals surface area contributed by atoms with Crippen molar-refractivity contribution in [3.8, 4) is 0 Å². The first-order chi connectivity index (χ1) is 9.39. The summed E-state index contributed by atoms with van der Waals surface area (Å²) in [6.07, 6.45) is -3.04. The van der Waals surface area contributed by atoms with E-state index in [9.17, 15) is 18.0 Å². The lowest BCUT2D eigenvalue weighted by Gasteiger charge is -2.20. The van der Waals surface area contributed by atoms with E-state index >= 15 is 0 Å². The molecule has 0 radical (unpaired) electrons. The Hall–Kier alpha value is -1.89. The van der Waals surface area contributed by atoms with E-state index in [0.29, 0.717) is 30.6 Å². The molecule has 0 fully saturated rings. The summed E-state index contributed by atoms with van der Waals surface area (Å²) in [5.74, 6) is 0. The molecule has 1 aliphatic rings. The van der Waals surface area contributed by atoms with Gasteiger partial charge in [0, 0.05) is 25.4 Å². The van der Waals surface area contributed by atoms with Crippen molar-refractivity contribution in [3.63, 3.8) is 0 Å². The smallest absolute Gasteiger partial charge is 0.312 e. The van der Waals surface area contributed by atoms with Crippen LogP contribution in [0.2, 0.25) is 0 Å². The second kappa shape index (κ2) is 4.31. The Morgan fingerprint density at radius 3 is 2.80 bits per heavy atom. The van der Waals surface area contributed by atoms with Gasteiger partial charge in [0.1, 0.15) is 0 Å². The average molecular weight is 283 g/mol. The van der Waals surface area contributed by atoms with Gasteiger partial charge in [-0.3, -0.25) is 9.78 Å². The third-order valence-electron chi connectivity index (χ3n) is 3.62. The molecule has 0 spiro atoms. The zero-order chi connectivity index (χ0) is 14.5. The molecule has 7 heteroatoms. The van der Waals surface area contributed by atoms with Gasteiger partial charge in [-0.15, -0.1) is 0 Å². The fourth-order valence-electron chi connectivity index (χ4n) is 2.56. The zero-order valence-corrected chi connectivity index (χ0v) is 10.7. The van der Waals surface area contributed by atoms with Gasteiger partial charge in [0.2, 0.25) is 0 Å². The number of nitrogens with one attached hydrogen (secondary N) is 1. The van der Waals surface area contributed by atoms with Gasteiger partial charge in [0.15, 0.2) is 0 Å². The first-order valence-corrected chi connectivity index (χ1v) is 6.18. The van der Waals surface area contributed by atoms with Crippen molar-refractivity contribution in [1.82, 2.24) is 14.9 Å². The Morgan fingerprint density at radius 2 is 2.10 bits per heavy atom. The zero-order valence-electron chi connectivity index (χ0n) is 10.7. The highest BCUT2D eigenvalue weighted by Crippen LogP contribution is 2.31. The van der Waals surface area contributed by atoms with E-state index in [2.05, 4.69) is 10.3 Å². The molecule has 2 aromatic rings. The minimum Gasteiger partial charge on any atom is -0.312 e. The predicted molar refractivity (Wildman–Crippen MR) is 67.4 cm³/mol. The lowest BCUT2D eigenvalue weighted by Crippen LogP contribution is -2.33. The summed E-state index contributed by atoms with van der Waals surface area (Å²) in [5.41, 5.74) is 0.964. The Balaban J connectivity index is 2.37. The SMILES string of the molecule is Cn1c(=O)c2c(c3ncc(C(F)(F)F)cc31)CCNC2. The van der Waals surface area contributed by atoms with Crippen LogP contribution in [0.1, 0.15) is 16.7 Å². The molecule has 20 heavy (non-hydrogen) atoms. The summed E-state index contributed by atoms with van der Waals surface area (Å²) < 4.78 is 39.5. The van der Waals surface area contributed by atoms with Gasteiger partial charge in [0.05, 0.1) is 16.6 Å². The van der Waals surface area contributed by atoms with Crippen molar-refractivity contribution >= 4 is 11.0 Å². The Morgan fingerprint density at radius 1 is 1.35 bits per heavy atom. The number of alkyl halides is 3. The lowest BCUT2D eigenvalue weighted by atomic mass is 10.00. The molecule has 0 saturated carbocycles. The molecule has 0 amide bonds. The molecule has 0 aliphatic carbocycles. The van der Waals surface area contributed by atoms with E-state index in [1.807, 2.05) is 0 Å². The number of nitrogens with zero attached hydrogens (tertiary/aromatic N) is 2. The van der Waals surface area contributed by atoms with Gasteiger partial charge >= 0.3 is 6.18 Å². The highest BCUT2D eigenvalue weighted by atomic mass is 19.4. The van der Waals surface area contributed by atoms with Crippen molar-refractivity contribution in [2.75, 3.05) is 6.54 Å². The van der Waals surface area contributed by atoms with Gasteiger partial charge in [-0.05, 0) is 24.6 Å². The molecule has 0 saturated heterocycles. The van der Waals surface area contributed by atoms with Gasteiger partial charge in [0.25, 0.3) is 5.56 Å². The van der Waals surface area contributed by atoms with E-state index in [1.165, 1.54) is 11.6 Å². The van der Waals surface area contributed by atoms with Crippen LogP contribution >= 0.6 is 0 Å². The fourth-order valence-corrected chi connectivity index (χ4v) is 2.56. The van der Waals surface area contributed by atoms with Gasteiger partial charge in [-0.1, -0.05) is 0 Å². The maximum absolute atomic E-state index is 12.7. The first-order valence-electron chi connectivity index (χ1n) is 6.18. The van der Waals surface area contributed by atoms with Crippen LogP contribution in [0.15, 0.2) is 17.1 Å².